The second kappa shape index (κ2) is 5.25. The van der Waals surface area contributed by atoms with Crippen molar-refractivity contribution in [3.63, 3.8) is 0 Å². The topological polar surface area (TPSA) is 75.6 Å². The standard InChI is InChI=1S/C12H9ClN4S/c1-18-12-9(6-14)10(15)11(16-17-12)7-2-4-8(13)5-3-7/h2-5H,1H3,(H2,15,17). The fraction of sp³-hybridized carbons (Fsp3) is 0.0833. The van der Waals surface area contributed by atoms with Crippen molar-refractivity contribution in [3.05, 3.63) is 34.9 Å². The summed E-state index contributed by atoms with van der Waals surface area (Å²) in [5, 5.41) is 18.4. The van der Waals surface area contributed by atoms with Crippen LogP contribution in [0.3, 0.4) is 0 Å². The van der Waals surface area contributed by atoms with Crippen LogP contribution in [0, 0.1) is 11.3 Å². The molecule has 0 unspecified atom stereocenters. The van der Waals surface area contributed by atoms with E-state index in [0.717, 1.165) is 5.56 Å². The van der Waals surface area contributed by atoms with Gasteiger partial charge in [-0.05, 0) is 18.4 Å². The van der Waals surface area contributed by atoms with Crippen molar-refractivity contribution in [3.8, 4) is 17.3 Å². The Labute approximate surface area is 114 Å². The summed E-state index contributed by atoms with van der Waals surface area (Å²) in [7, 11) is 0. The van der Waals surface area contributed by atoms with Gasteiger partial charge in [0.1, 0.15) is 22.4 Å². The number of halogens is 1. The molecule has 90 valence electrons. The van der Waals surface area contributed by atoms with Crippen molar-refractivity contribution in [2.75, 3.05) is 12.0 Å². The molecule has 0 radical (unpaired) electrons. The summed E-state index contributed by atoms with van der Waals surface area (Å²) in [5.74, 6) is 0. The zero-order valence-electron chi connectivity index (χ0n) is 9.51. The van der Waals surface area contributed by atoms with Gasteiger partial charge in [0.05, 0.1) is 5.69 Å². The quantitative estimate of drug-likeness (QED) is 0.854. The van der Waals surface area contributed by atoms with Gasteiger partial charge >= 0.3 is 0 Å². The van der Waals surface area contributed by atoms with E-state index in [0.29, 0.717) is 27.0 Å². The Balaban J connectivity index is 2.60. The maximum Gasteiger partial charge on any atom is 0.138 e. The van der Waals surface area contributed by atoms with E-state index in [1.54, 1.807) is 24.3 Å². The minimum atomic E-state index is 0.346. The van der Waals surface area contributed by atoms with Crippen molar-refractivity contribution in [2.45, 2.75) is 5.03 Å². The summed E-state index contributed by atoms with van der Waals surface area (Å²) in [5.41, 5.74) is 7.97. The van der Waals surface area contributed by atoms with Crippen LogP contribution in [0.15, 0.2) is 29.3 Å². The Bertz CT molecular complexity index is 619. The zero-order valence-corrected chi connectivity index (χ0v) is 11.1. The third-order valence-corrected chi connectivity index (χ3v) is 3.33. The third-order valence-electron chi connectivity index (χ3n) is 2.40. The smallest absolute Gasteiger partial charge is 0.138 e. The largest absolute Gasteiger partial charge is 0.396 e. The number of nitriles is 1. The molecule has 1 aromatic carbocycles. The van der Waals surface area contributed by atoms with Gasteiger partial charge in [-0.3, -0.25) is 0 Å². The molecule has 0 amide bonds. The normalized spacial score (nSPS) is 10.1. The van der Waals surface area contributed by atoms with E-state index in [1.165, 1.54) is 11.8 Å². The van der Waals surface area contributed by atoms with Gasteiger partial charge in [0.2, 0.25) is 0 Å². The second-order valence-corrected chi connectivity index (χ2v) is 4.70. The van der Waals surface area contributed by atoms with Crippen molar-refractivity contribution in [1.82, 2.24) is 10.2 Å². The van der Waals surface area contributed by atoms with Crippen molar-refractivity contribution >= 4 is 29.1 Å². The van der Waals surface area contributed by atoms with Crippen LogP contribution in [0.1, 0.15) is 5.56 Å². The average molecular weight is 277 g/mol. The number of aromatic nitrogens is 2. The number of benzene rings is 1. The van der Waals surface area contributed by atoms with Crippen LogP contribution in [0.5, 0.6) is 0 Å². The first-order chi connectivity index (χ1) is 8.67. The maximum atomic E-state index is 9.11. The summed E-state index contributed by atoms with van der Waals surface area (Å²) in [6.07, 6.45) is 1.83. The lowest BCUT2D eigenvalue weighted by Crippen LogP contribution is -2.02. The van der Waals surface area contributed by atoms with Gasteiger partial charge in [-0.15, -0.1) is 22.0 Å². The Hall–Kier alpha value is -1.77. The first-order valence-electron chi connectivity index (χ1n) is 5.03. The van der Waals surface area contributed by atoms with Crippen LogP contribution >= 0.6 is 23.4 Å². The molecule has 1 aromatic heterocycles. The van der Waals surface area contributed by atoms with Crippen LogP contribution in [0.4, 0.5) is 5.69 Å². The summed E-state index contributed by atoms with van der Waals surface area (Å²) >= 11 is 7.17. The highest BCUT2D eigenvalue weighted by molar-refractivity contribution is 7.98. The lowest BCUT2D eigenvalue weighted by Gasteiger charge is -2.07. The lowest BCUT2D eigenvalue weighted by atomic mass is 10.1. The second-order valence-electron chi connectivity index (χ2n) is 3.47. The molecular weight excluding hydrogens is 268 g/mol. The Morgan fingerprint density at radius 1 is 1.28 bits per heavy atom. The Morgan fingerprint density at radius 3 is 2.50 bits per heavy atom. The summed E-state index contributed by atoms with van der Waals surface area (Å²) in [4.78, 5) is 0. The number of hydrogen-bond donors (Lipinski definition) is 1. The van der Waals surface area contributed by atoms with Crippen molar-refractivity contribution in [2.24, 2.45) is 0 Å². The van der Waals surface area contributed by atoms with E-state index in [4.69, 9.17) is 22.6 Å². The predicted octanol–water partition coefficient (Wildman–Crippen LogP) is 2.97. The van der Waals surface area contributed by atoms with Crippen LogP contribution in [-0.2, 0) is 0 Å². The number of nitrogens with two attached hydrogens (primary N) is 1. The van der Waals surface area contributed by atoms with E-state index in [9.17, 15) is 0 Å². The van der Waals surface area contributed by atoms with Crippen molar-refractivity contribution in [1.29, 1.82) is 5.26 Å². The van der Waals surface area contributed by atoms with Crippen LogP contribution < -0.4 is 5.73 Å². The summed E-state index contributed by atoms with van der Waals surface area (Å²) < 4.78 is 0. The molecule has 4 nitrogen and oxygen atoms in total. The molecule has 1 heterocycles. The molecule has 18 heavy (non-hydrogen) atoms. The first kappa shape index (κ1) is 12.7. The molecule has 2 N–H and O–H groups in total. The molecule has 0 saturated heterocycles. The number of anilines is 1. The Kier molecular flexibility index (Phi) is 3.70. The van der Waals surface area contributed by atoms with Crippen LogP contribution in [0.2, 0.25) is 5.02 Å². The fourth-order valence-electron chi connectivity index (χ4n) is 1.50. The predicted molar refractivity (Wildman–Crippen MR) is 73.4 cm³/mol. The molecule has 2 aromatic rings. The molecule has 6 heteroatoms. The molecule has 0 bridgehead atoms. The SMILES string of the molecule is CSc1nnc(-c2ccc(Cl)cc2)c(N)c1C#N. The van der Waals surface area contributed by atoms with Crippen LogP contribution in [0.25, 0.3) is 11.3 Å². The summed E-state index contributed by atoms with van der Waals surface area (Å²) in [6.45, 7) is 0. The molecule has 0 fully saturated rings. The van der Waals surface area contributed by atoms with Gasteiger partial charge in [-0.2, -0.15) is 5.26 Å². The number of thioether (sulfide) groups is 1. The highest BCUT2D eigenvalue weighted by atomic mass is 35.5. The number of nitrogens with zero attached hydrogens (tertiary/aromatic N) is 3. The van der Waals surface area contributed by atoms with E-state index < -0.39 is 0 Å². The Morgan fingerprint density at radius 2 is 1.94 bits per heavy atom. The van der Waals surface area contributed by atoms with Gasteiger partial charge in [-0.25, -0.2) is 0 Å². The molecule has 0 saturated carbocycles. The molecule has 0 aliphatic carbocycles. The summed E-state index contributed by atoms with van der Waals surface area (Å²) in [6, 6.07) is 9.14. The molecule has 0 spiro atoms. The zero-order chi connectivity index (χ0) is 13.1. The molecular formula is C12H9ClN4S. The van der Waals surface area contributed by atoms with Gasteiger partial charge in [0.25, 0.3) is 0 Å². The lowest BCUT2D eigenvalue weighted by molar-refractivity contribution is 0.932. The maximum absolute atomic E-state index is 9.11. The molecule has 2 rings (SSSR count). The van der Waals surface area contributed by atoms with Gasteiger partial charge < -0.3 is 5.73 Å². The molecule has 0 aliphatic heterocycles. The average Bonchev–Trinajstić information content (AvgIpc) is 2.39. The molecule has 0 atom stereocenters. The highest BCUT2D eigenvalue weighted by Gasteiger charge is 2.14. The number of rotatable bonds is 2. The van der Waals surface area contributed by atoms with E-state index in [1.807, 2.05) is 6.26 Å². The van der Waals surface area contributed by atoms with Crippen LogP contribution in [-0.4, -0.2) is 16.5 Å². The first-order valence-corrected chi connectivity index (χ1v) is 6.63. The minimum Gasteiger partial charge on any atom is -0.396 e. The minimum absolute atomic E-state index is 0.346. The highest BCUT2D eigenvalue weighted by Crippen LogP contribution is 2.30. The van der Waals surface area contributed by atoms with Crippen molar-refractivity contribution < 1.29 is 0 Å². The molecule has 0 aliphatic rings. The third kappa shape index (κ3) is 2.26. The number of hydrogen-bond acceptors (Lipinski definition) is 5. The van der Waals surface area contributed by atoms with E-state index >= 15 is 0 Å². The van der Waals surface area contributed by atoms with E-state index in [-0.39, 0.29) is 0 Å². The number of nitrogen functional groups attached to an aromatic ring is 1. The monoisotopic (exact) mass is 276 g/mol. The van der Waals surface area contributed by atoms with Gasteiger partial charge in [0, 0.05) is 10.6 Å². The van der Waals surface area contributed by atoms with Gasteiger partial charge in [-0.1, -0.05) is 23.7 Å². The van der Waals surface area contributed by atoms with E-state index in [2.05, 4.69) is 16.3 Å². The van der Waals surface area contributed by atoms with Gasteiger partial charge in [0.15, 0.2) is 0 Å². The fourth-order valence-corrected chi connectivity index (χ4v) is 2.11.